The third-order valence-electron chi connectivity index (χ3n) is 2.58. The van der Waals surface area contributed by atoms with E-state index in [9.17, 15) is 4.79 Å². The Kier molecular flexibility index (Phi) is 6.63. The van der Waals surface area contributed by atoms with Crippen LogP contribution in [0.5, 0.6) is 0 Å². The van der Waals surface area contributed by atoms with Gasteiger partial charge in [-0.1, -0.05) is 0 Å². The number of halogens is 1. The maximum atomic E-state index is 11.9. The summed E-state index contributed by atoms with van der Waals surface area (Å²) in [7, 11) is 4.01. The van der Waals surface area contributed by atoms with Crippen LogP contribution >= 0.6 is 36.0 Å². The first kappa shape index (κ1) is 16.1. The molecule has 0 aromatic heterocycles. The van der Waals surface area contributed by atoms with Gasteiger partial charge in [0.1, 0.15) is 0 Å². The monoisotopic (exact) mass is 429 g/mol. The summed E-state index contributed by atoms with van der Waals surface area (Å²) in [4.78, 5) is 13.5. The van der Waals surface area contributed by atoms with Gasteiger partial charge in [0.2, 0.25) is 0 Å². The van der Waals surface area contributed by atoms with E-state index in [0.29, 0.717) is 6.54 Å². The zero-order chi connectivity index (χ0) is 14.4. The average molecular weight is 430 g/mol. The van der Waals surface area contributed by atoms with Gasteiger partial charge in [0.15, 0.2) is 0 Å². The van der Waals surface area contributed by atoms with Crippen LogP contribution in [0.15, 0.2) is 35.7 Å². The van der Waals surface area contributed by atoms with Gasteiger partial charge in [-0.15, -0.1) is 0 Å². The fourth-order valence-electron chi connectivity index (χ4n) is 1.66. The molecule has 0 bridgehead atoms. The number of anilines is 1. The van der Waals surface area contributed by atoms with Gasteiger partial charge in [-0.05, 0) is 0 Å². The van der Waals surface area contributed by atoms with E-state index in [1.807, 2.05) is 22.2 Å². The molecule has 0 aliphatic carbocycles. The molecule has 1 unspecified atom stereocenters. The third-order valence-corrected chi connectivity index (χ3v) is 15.2. The summed E-state index contributed by atoms with van der Waals surface area (Å²) in [6.07, 6.45) is 7.55. The van der Waals surface area contributed by atoms with Crippen molar-refractivity contribution in [3.8, 4) is 12.3 Å². The van der Waals surface area contributed by atoms with E-state index in [1.165, 1.54) is 4.35 Å². The molecule has 1 atom stereocenters. The molecule has 2 nitrogen and oxygen atoms in total. The van der Waals surface area contributed by atoms with Crippen molar-refractivity contribution in [1.29, 1.82) is 0 Å². The molecule has 0 spiro atoms. The third kappa shape index (κ3) is 4.11. The molecule has 1 amide bonds. The van der Waals surface area contributed by atoms with Gasteiger partial charge in [-0.2, -0.15) is 0 Å². The number of benzene rings is 1. The van der Waals surface area contributed by atoms with Crippen molar-refractivity contribution in [3.63, 3.8) is 0 Å². The average Bonchev–Trinajstić information content (AvgIpc) is 2.53. The second-order valence-electron chi connectivity index (χ2n) is 3.86. The van der Waals surface area contributed by atoms with Crippen molar-refractivity contribution >= 4 is 64.3 Å². The zero-order valence-corrected chi connectivity index (χ0v) is 15.8. The Bertz CT molecular complexity index is 541. The van der Waals surface area contributed by atoms with E-state index >= 15 is 0 Å². The molecule has 0 N–H and O–H groups in total. The van der Waals surface area contributed by atoms with Gasteiger partial charge in [0, 0.05) is 0 Å². The van der Waals surface area contributed by atoms with E-state index in [4.69, 9.17) is 6.42 Å². The van der Waals surface area contributed by atoms with Crippen molar-refractivity contribution in [2.75, 3.05) is 22.5 Å². The minimum atomic E-state index is -1.06. The molecule has 0 saturated carbocycles. The Morgan fingerprint density at radius 3 is 2.75 bits per heavy atom. The number of amides is 1. The van der Waals surface area contributed by atoms with Gasteiger partial charge in [0.25, 0.3) is 0 Å². The maximum absolute atomic E-state index is 11.9. The Labute approximate surface area is 139 Å². The van der Waals surface area contributed by atoms with E-state index in [1.54, 1.807) is 4.90 Å². The quantitative estimate of drug-likeness (QED) is 0.417. The van der Waals surface area contributed by atoms with Gasteiger partial charge < -0.3 is 0 Å². The van der Waals surface area contributed by atoms with Crippen LogP contribution in [0.25, 0.3) is 0 Å². The Morgan fingerprint density at radius 2 is 2.20 bits per heavy atom. The fourth-order valence-corrected chi connectivity index (χ4v) is 12.5. The van der Waals surface area contributed by atoms with Gasteiger partial charge in [-0.3, -0.25) is 0 Å². The molecule has 0 saturated heterocycles. The number of rotatable bonds is 4. The predicted octanol–water partition coefficient (Wildman–Crippen LogP) is 2.74. The topological polar surface area (TPSA) is 20.3 Å². The first-order valence-corrected chi connectivity index (χ1v) is 14.3. The van der Waals surface area contributed by atoms with E-state index in [2.05, 4.69) is 55.5 Å². The Hall–Kier alpha value is -0.272. The molecular weight excluding hydrogens is 417 g/mol. The van der Waals surface area contributed by atoms with E-state index in [-0.39, 0.29) is 11.2 Å². The van der Waals surface area contributed by atoms with Crippen LogP contribution in [0.3, 0.4) is 0 Å². The number of terminal acetylenes is 1. The van der Waals surface area contributed by atoms with E-state index in [0.717, 1.165) is 11.4 Å². The van der Waals surface area contributed by atoms with Gasteiger partial charge >= 0.3 is 140 Å². The molecule has 0 radical (unpaired) electrons. The summed E-state index contributed by atoms with van der Waals surface area (Å²) in [5, 5.41) is 2.49. The van der Waals surface area contributed by atoms with Crippen LogP contribution in [0.1, 0.15) is 0 Å². The molecule has 20 heavy (non-hydrogen) atoms. The van der Waals surface area contributed by atoms with Crippen molar-refractivity contribution in [2.45, 2.75) is 0 Å². The molecule has 1 aliphatic rings. The van der Waals surface area contributed by atoms with Crippen LogP contribution in [0.2, 0.25) is 0 Å². The van der Waals surface area contributed by atoms with Crippen LogP contribution in [-0.2, 0) is 4.79 Å². The molecule has 1 heterocycles. The van der Waals surface area contributed by atoms with Crippen LogP contribution in [0, 0.1) is 12.3 Å². The number of alkyl halides is 1. The Balaban J connectivity index is 2.15. The second-order valence-corrected chi connectivity index (χ2v) is 15.6. The molecule has 104 valence electrons. The summed E-state index contributed by atoms with van der Waals surface area (Å²) < 4.78 is 1.41. The van der Waals surface area contributed by atoms with Crippen molar-refractivity contribution in [3.05, 3.63) is 35.7 Å². The van der Waals surface area contributed by atoms with Crippen molar-refractivity contribution < 1.29 is 4.79 Å². The molecule has 1 aliphatic heterocycles. The van der Waals surface area contributed by atoms with Crippen LogP contribution in [0.4, 0.5) is 5.69 Å². The second kappa shape index (κ2) is 8.24. The molecule has 1 aromatic rings. The number of carbonyl (C=O) groups is 1. The first-order chi connectivity index (χ1) is 9.76. The number of hydrogen-bond acceptors (Lipinski definition) is 3. The first-order valence-electron chi connectivity index (χ1n) is 5.91. The number of carbonyl (C=O) groups excluding carboxylic acids is 1. The summed E-state index contributed by atoms with van der Waals surface area (Å²) >= 11 is 2.13. The fraction of sp³-hybridized carbons (Fsp3) is 0.214. The molecule has 0 fully saturated rings. The summed E-state index contributed by atoms with van der Waals surface area (Å²) in [5.41, 5.74) is 0.868. The van der Waals surface area contributed by atoms with E-state index < -0.39 is 12.3 Å². The van der Waals surface area contributed by atoms with Crippen LogP contribution < -0.4 is 9.25 Å². The summed E-state index contributed by atoms with van der Waals surface area (Å²) in [6.45, 7) is 0.303. The zero-order valence-electron chi connectivity index (χ0n) is 10.7. The predicted molar refractivity (Wildman–Crippen MR) is 96.0 cm³/mol. The summed E-state index contributed by atoms with van der Waals surface area (Å²) in [5.74, 6) is 3.63. The standard InChI is InChI=1S/C14H13AsBrNOS2/c1-2-8-17(14(18)11-16)13-6-4-12(5-7-13)15-19-9-3-10-20-15/h1,3-7,9H,8,10-11H2. The van der Waals surface area contributed by atoms with Gasteiger partial charge in [0.05, 0.1) is 0 Å². The minimum absolute atomic E-state index is 0.0158. The Morgan fingerprint density at radius 1 is 1.45 bits per heavy atom. The van der Waals surface area contributed by atoms with Crippen molar-refractivity contribution in [1.82, 2.24) is 0 Å². The molecule has 6 heteroatoms. The molecule has 1 aromatic carbocycles. The normalized spacial score (nSPS) is 17.5. The number of nitrogens with zero attached hydrogens (tertiary/aromatic N) is 1. The SMILES string of the molecule is C#CCN(C(=O)CBr)c1ccc([As]2SC=CCS2)cc1. The van der Waals surface area contributed by atoms with Crippen molar-refractivity contribution in [2.24, 2.45) is 0 Å². The molecule has 2 rings (SSSR count). The number of hydrogen-bond donors (Lipinski definition) is 0. The molecular formula is C14H13AsBrNOS2. The van der Waals surface area contributed by atoms with Gasteiger partial charge in [-0.25, -0.2) is 0 Å². The summed E-state index contributed by atoms with van der Waals surface area (Å²) in [6, 6.07) is 8.28. The van der Waals surface area contributed by atoms with Crippen LogP contribution in [-0.4, -0.2) is 35.9 Å².